The highest BCUT2D eigenvalue weighted by Crippen LogP contribution is 2.29. The van der Waals surface area contributed by atoms with Gasteiger partial charge in [0.15, 0.2) is 0 Å². The van der Waals surface area contributed by atoms with E-state index in [1.165, 1.54) is 16.8 Å². The van der Waals surface area contributed by atoms with Gasteiger partial charge in [-0.25, -0.2) is 13.9 Å². The van der Waals surface area contributed by atoms with Gasteiger partial charge >= 0.3 is 6.18 Å². The van der Waals surface area contributed by atoms with Crippen LogP contribution in [0.3, 0.4) is 0 Å². The Morgan fingerprint density at radius 2 is 1.81 bits per heavy atom. The first kappa shape index (κ1) is 24.5. The minimum Gasteiger partial charge on any atom is -0.397 e. The number of aromatic amines is 1. The van der Waals surface area contributed by atoms with Crippen molar-refractivity contribution in [3.8, 4) is 0 Å². The molecule has 0 radical (unpaired) electrons. The van der Waals surface area contributed by atoms with E-state index in [4.69, 9.17) is 5.73 Å². The van der Waals surface area contributed by atoms with Gasteiger partial charge < -0.3 is 10.3 Å². The number of benzene rings is 1. The molecule has 12 heteroatoms. The van der Waals surface area contributed by atoms with Crippen LogP contribution in [-0.4, -0.2) is 14.8 Å². The van der Waals surface area contributed by atoms with Crippen LogP contribution < -0.4 is 16.9 Å². The van der Waals surface area contributed by atoms with Crippen molar-refractivity contribution in [2.24, 2.45) is 0 Å². The molecule has 168 valence electrons. The van der Waals surface area contributed by atoms with E-state index in [0.717, 1.165) is 31.5 Å². The molecule has 0 unspecified atom stereocenters. The SMILES string of the molecule is CCCCCn1cc(F)c2cc(Br)c(F)cc2c1=O.Nc1cn[nH]c(=O)c1C(F)(F)F. The topological polar surface area (TPSA) is 93.8 Å². The van der Waals surface area contributed by atoms with Crippen LogP contribution >= 0.6 is 15.9 Å². The number of halogens is 6. The van der Waals surface area contributed by atoms with Gasteiger partial charge in [-0.15, -0.1) is 0 Å². The molecule has 0 spiro atoms. The molecular formula is C19H18BrF5N4O2. The Morgan fingerprint density at radius 1 is 1.13 bits per heavy atom. The average molecular weight is 509 g/mol. The summed E-state index contributed by atoms with van der Waals surface area (Å²) in [6, 6.07) is 2.39. The van der Waals surface area contributed by atoms with Gasteiger partial charge in [0.1, 0.15) is 17.2 Å². The second kappa shape index (κ2) is 10.0. The highest BCUT2D eigenvalue weighted by Gasteiger charge is 2.36. The van der Waals surface area contributed by atoms with E-state index in [-0.39, 0.29) is 20.8 Å². The van der Waals surface area contributed by atoms with E-state index in [1.807, 2.05) is 0 Å². The van der Waals surface area contributed by atoms with Crippen molar-refractivity contribution in [3.05, 3.63) is 66.9 Å². The Kier molecular flexibility index (Phi) is 7.93. The van der Waals surface area contributed by atoms with Crippen molar-refractivity contribution in [2.45, 2.75) is 38.9 Å². The minimum atomic E-state index is -4.74. The first-order valence-corrected chi connectivity index (χ1v) is 9.84. The van der Waals surface area contributed by atoms with E-state index in [1.54, 1.807) is 5.10 Å². The molecule has 0 aliphatic heterocycles. The maximum absolute atomic E-state index is 13.9. The van der Waals surface area contributed by atoms with E-state index >= 15 is 0 Å². The molecule has 3 N–H and O–H groups in total. The molecule has 0 atom stereocenters. The molecular weight excluding hydrogens is 491 g/mol. The predicted molar refractivity (Wildman–Crippen MR) is 110 cm³/mol. The minimum absolute atomic E-state index is 0.0807. The second-order valence-corrected chi connectivity index (χ2v) is 7.38. The summed E-state index contributed by atoms with van der Waals surface area (Å²) >= 11 is 2.99. The zero-order valence-electron chi connectivity index (χ0n) is 16.2. The number of hydrogen-bond acceptors (Lipinski definition) is 4. The Morgan fingerprint density at radius 3 is 2.35 bits per heavy atom. The highest BCUT2D eigenvalue weighted by molar-refractivity contribution is 9.10. The van der Waals surface area contributed by atoms with Gasteiger partial charge in [0.25, 0.3) is 11.1 Å². The summed E-state index contributed by atoms with van der Waals surface area (Å²) < 4.78 is 64.8. The van der Waals surface area contributed by atoms with E-state index in [0.29, 0.717) is 6.54 Å². The number of pyridine rings is 1. The van der Waals surface area contributed by atoms with Crippen molar-refractivity contribution in [3.63, 3.8) is 0 Å². The summed E-state index contributed by atoms with van der Waals surface area (Å²) in [5.74, 6) is -1.07. The summed E-state index contributed by atoms with van der Waals surface area (Å²) in [5, 5.41) is 4.96. The van der Waals surface area contributed by atoms with Crippen LogP contribution in [0, 0.1) is 11.6 Å². The Bertz CT molecular complexity index is 1190. The van der Waals surface area contributed by atoms with Crippen molar-refractivity contribution in [2.75, 3.05) is 5.73 Å². The lowest BCUT2D eigenvalue weighted by Gasteiger charge is -2.08. The van der Waals surface area contributed by atoms with E-state index in [9.17, 15) is 31.5 Å². The number of nitrogen functional groups attached to an aromatic ring is 1. The van der Waals surface area contributed by atoms with Crippen LogP contribution in [0.1, 0.15) is 31.7 Å². The van der Waals surface area contributed by atoms with Crippen molar-refractivity contribution >= 4 is 32.4 Å². The number of nitrogens with one attached hydrogen (secondary N) is 1. The maximum atomic E-state index is 13.9. The van der Waals surface area contributed by atoms with Crippen LogP contribution in [0.25, 0.3) is 10.8 Å². The number of alkyl halides is 3. The molecule has 0 bridgehead atoms. The first-order valence-electron chi connectivity index (χ1n) is 9.05. The molecule has 0 aliphatic rings. The monoisotopic (exact) mass is 508 g/mol. The number of nitrogens with two attached hydrogens (primary N) is 1. The lowest BCUT2D eigenvalue weighted by atomic mass is 10.1. The molecule has 0 fully saturated rings. The molecule has 0 aliphatic carbocycles. The lowest BCUT2D eigenvalue weighted by Crippen LogP contribution is -2.24. The van der Waals surface area contributed by atoms with E-state index < -0.39 is 34.6 Å². The number of H-pyrrole nitrogens is 1. The number of unbranched alkanes of at least 4 members (excludes halogenated alkanes) is 2. The third kappa shape index (κ3) is 5.90. The van der Waals surface area contributed by atoms with Gasteiger partial charge in [-0.05, 0) is 34.5 Å². The summed E-state index contributed by atoms with van der Waals surface area (Å²) in [5.41, 5.74) is 1.15. The largest absolute Gasteiger partial charge is 0.423 e. The van der Waals surface area contributed by atoms with Crippen molar-refractivity contribution < 1.29 is 22.0 Å². The first-order chi connectivity index (χ1) is 14.5. The normalized spacial score (nSPS) is 11.3. The molecule has 31 heavy (non-hydrogen) atoms. The molecule has 2 aromatic heterocycles. The summed E-state index contributed by atoms with van der Waals surface area (Å²) in [4.78, 5) is 22.7. The molecule has 0 saturated carbocycles. The Balaban J connectivity index is 0.000000245. The third-order valence-electron chi connectivity index (χ3n) is 4.25. The van der Waals surface area contributed by atoms with Crippen LogP contribution in [0.5, 0.6) is 0 Å². The van der Waals surface area contributed by atoms with Crippen LogP contribution in [0.2, 0.25) is 0 Å². The summed E-state index contributed by atoms with van der Waals surface area (Å²) in [7, 11) is 0. The molecule has 0 saturated heterocycles. The van der Waals surface area contributed by atoms with Gasteiger partial charge in [0.2, 0.25) is 0 Å². The number of rotatable bonds is 4. The van der Waals surface area contributed by atoms with Crippen LogP contribution in [-0.2, 0) is 12.7 Å². The fourth-order valence-corrected chi connectivity index (χ4v) is 3.09. The number of aryl methyl sites for hydroxylation is 1. The maximum Gasteiger partial charge on any atom is 0.423 e. The Hall–Kier alpha value is -2.76. The second-order valence-electron chi connectivity index (χ2n) is 6.52. The standard InChI is InChI=1S/C14H14BrF2NO.C5H4F3N3O/c1-2-3-4-5-18-8-13(17)9-6-11(15)12(16)7-10(9)14(18)19;6-5(7,8)3-2(9)1-10-11-4(3)12/h6-8H,2-5H2,1H3;1H,(H3,9,11,12). The zero-order valence-corrected chi connectivity index (χ0v) is 17.8. The summed E-state index contributed by atoms with van der Waals surface area (Å²) in [6.07, 6.45) is 0.00302. The average Bonchev–Trinajstić information content (AvgIpc) is 2.67. The zero-order chi connectivity index (χ0) is 23.3. The molecule has 3 aromatic rings. The third-order valence-corrected chi connectivity index (χ3v) is 4.86. The molecule has 0 amide bonds. The van der Waals surface area contributed by atoms with Crippen LogP contribution in [0.4, 0.5) is 27.6 Å². The van der Waals surface area contributed by atoms with Crippen molar-refractivity contribution in [1.29, 1.82) is 0 Å². The van der Waals surface area contributed by atoms with Crippen LogP contribution in [0.15, 0.2) is 38.6 Å². The fraction of sp³-hybridized carbons (Fsp3) is 0.316. The highest BCUT2D eigenvalue weighted by atomic mass is 79.9. The van der Waals surface area contributed by atoms with E-state index in [2.05, 4.69) is 28.0 Å². The molecule has 3 rings (SSSR count). The van der Waals surface area contributed by atoms with Gasteiger partial charge in [0.05, 0.1) is 21.7 Å². The Labute approximate surface area is 181 Å². The number of aromatic nitrogens is 3. The fourth-order valence-electron chi connectivity index (χ4n) is 2.74. The van der Waals surface area contributed by atoms with Gasteiger partial charge in [-0.3, -0.25) is 9.59 Å². The number of fused-ring (bicyclic) bond motifs is 1. The van der Waals surface area contributed by atoms with Gasteiger partial charge in [0, 0.05) is 18.1 Å². The van der Waals surface area contributed by atoms with Gasteiger partial charge in [-0.2, -0.15) is 18.3 Å². The smallest absolute Gasteiger partial charge is 0.397 e. The molecule has 2 heterocycles. The van der Waals surface area contributed by atoms with Crippen molar-refractivity contribution in [1.82, 2.24) is 14.8 Å². The number of hydrogen-bond donors (Lipinski definition) is 2. The quantitative estimate of drug-likeness (QED) is 0.397. The van der Waals surface area contributed by atoms with Gasteiger partial charge in [-0.1, -0.05) is 19.8 Å². The number of nitrogens with zero attached hydrogens (tertiary/aromatic N) is 2. The lowest BCUT2D eigenvalue weighted by molar-refractivity contribution is -0.138. The predicted octanol–water partition coefficient (Wildman–Crippen LogP) is 4.60. The number of anilines is 1. The summed E-state index contributed by atoms with van der Waals surface area (Å²) in [6.45, 7) is 2.51. The molecule has 6 nitrogen and oxygen atoms in total. The molecule has 1 aromatic carbocycles.